The van der Waals surface area contributed by atoms with Gasteiger partial charge in [-0.3, -0.25) is 0 Å². The number of aromatic nitrogens is 2. The van der Waals surface area contributed by atoms with Gasteiger partial charge in [-0.25, -0.2) is 4.98 Å². The Hall–Kier alpha value is -0.258. The van der Waals surface area contributed by atoms with Crippen LogP contribution in [-0.2, 0) is 0 Å². The zero-order chi connectivity index (χ0) is 3.54. The van der Waals surface area contributed by atoms with Crippen LogP contribution in [0.5, 0.6) is 0 Å². The maximum atomic E-state index is 3.67. The molecule has 0 spiro atoms. The molecule has 0 aliphatic rings. The van der Waals surface area contributed by atoms with Crippen LogP contribution in [0.1, 0.15) is 0 Å². The van der Waals surface area contributed by atoms with Gasteiger partial charge in [0.25, 0.3) is 0 Å². The molecule has 3 heteroatoms. The van der Waals surface area contributed by atoms with E-state index >= 15 is 0 Å². The molecule has 0 aromatic carbocycles. The van der Waals surface area contributed by atoms with Crippen LogP contribution in [0.15, 0.2) is 18.7 Å². The van der Waals surface area contributed by atoms with Gasteiger partial charge in [0.2, 0.25) is 0 Å². The van der Waals surface area contributed by atoms with Crippen LogP contribution in [-0.4, -0.2) is 27.3 Å². The minimum absolute atomic E-state index is 0. The van der Waals surface area contributed by atoms with Crippen LogP contribution >= 0.6 is 0 Å². The molecule has 1 N–H and O–H groups in total. The van der Waals surface area contributed by atoms with Gasteiger partial charge in [-0.15, -0.1) is 0 Å². The predicted octanol–water partition coefficient (Wildman–Crippen LogP) is 0.0289. The minimum Gasteiger partial charge on any atom is -0.351 e. The van der Waals surface area contributed by atoms with E-state index in [0.717, 1.165) is 0 Å². The van der Waals surface area contributed by atoms with Crippen molar-refractivity contribution in [3.05, 3.63) is 18.7 Å². The van der Waals surface area contributed by atoms with E-state index in [9.17, 15) is 0 Å². The first-order valence-electron chi connectivity index (χ1n) is 1.43. The maximum Gasteiger partial charge on any atom is 3.00 e. The van der Waals surface area contributed by atoms with E-state index in [1.807, 2.05) is 0 Å². The Bertz CT molecular complexity index is 65.3. The molecule has 0 bridgehead atoms. The van der Waals surface area contributed by atoms with Gasteiger partial charge in [0.1, 0.15) is 0 Å². The fourth-order valence-corrected chi connectivity index (χ4v) is 0.215. The molecule has 0 saturated heterocycles. The number of nitrogens with zero attached hydrogens (tertiary/aromatic N) is 1. The number of imidazole rings is 1. The smallest absolute Gasteiger partial charge is 0.351 e. The fourth-order valence-electron chi connectivity index (χ4n) is 0.215. The first-order chi connectivity index (χ1) is 2.50. The van der Waals surface area contributed by atoms with Gasteiger partial charge in [-0.2, -0.15) is 0 Å². The maximum absolute atomic E-state index is 3.67. The summed E-state index contributed by atoms with van der Waals surface area (Å²) in [5.74, 6) is 0. The molecular formula is C3H4AlN2+3. The summed E-state index contributed by atoms with van der Waals surface area (Å²) in [5, 5.41) is 0. The van der Waals surface area contributed by atoms with Crippen LogP contribution in [0.2, 0.25) is 0 Å². The largest absolute Gasteiger partial charge is 3.00 e. The molecule has 1 aromatic heterocycles. The molecule has 0 amide bonds. The minimum atomic E-state index is 0. The van der Waals surface area contributed by atoms with Gasteiger partial charge >= 0.3 is 17.4 Å². The summed E-state index contributed by atoms with van der Waals surface area (Å²) in [6, 6.07) is 0. The molecule has 1 aromatic rings. The van der Waals surface area contributed by atoms with Gasteiger partial charge in [0, 0.05) is 12.4 Å². The Labute approximate surface area is 46.7 Å². The van der Waals surface area contributed by atoms with Gasteiger partial charge in [0.05, 0.1) is 6.33 Å². The molecule has 0 aliphatic heterocycles. The molecule has 0 atom stereocenters. The van der Waals surface area contributed by atoms with Crippen molar-refractivity contribution < 1.29 is 0 Å². The van der Waals surface area contributed by atoms with Crippen molar-refractivity contribution >= 4 is 17.4 Å². The predicted molar refractivity (Wildman–Crippen MR) is 24.3 cm³/mol. The summed E-state index contributed by atoms with van der Waals surface area (Å²) in [6.07, 6.45) is 5.08. The Balaban J connectivity index is 0.000000250. The van der Waals surface area contributed by atoms with Crippen LogP contribution < -0.4 is 0 Å². The second-order valence-corrected chi connectivity index (χ2v) is 0.761. The zero-order valence-corrected chi connectivity index (χ0v) is 4.41. The molecule has 0 fully saturated rings. The zero-order valence-electron chi connectivity index (χ0n) is 3.26. The van der Waals surface area contributed by atoms with E-state index in [1.165, 1.54) is 0 Å². The van der Waals surface area contributed by atoms with E-state index < -0.39 is 0 Å². The molecular weight excluding hydrogens is 91.0 g/mol. The van der Waals surface area contributed by atoms with Crippen molar-refractivity contribution in [2.24, 2.45) is 0 Å². The van der Waals surface area contributed by atoms with Crippen molar-refractivity contribution in [3.8, 4) is 0 Å². The molecule has 1 heterocycles. The fraction of sp³-hybridized carbons (Fsp3) is 0. The topological polar surface area (TPSA) is 28.7 Å². The monoisotopic (exact) mass is 95.0 g/mol. The second kappa shape index (κ2) is 2.95. The van der Waals surface area contributed by atoms with E-state index in [4.69, 9.17) is 0 Å². The van der Waals surface area contributed by atoms with Crippen LogP contribution in [0, 0.1) is 0 Å². The summed E-state index contributed by atoms with van der Waals surface area (Å²) < 4.78 is 0. The molecule has 6 heavy (non-hydrogen) atoms. The summed E-state index contributed by atoms with van der Waals surface area (Å²) in [5.41, 5.74) is 0. The van der Waals surface area contributed by atoms with Crippen molar-refractivity contribution in [1.29, 1.82) is 0 Å². The van der Waals surface area contributed by atoms with Gasteiger partial charge < -0.3 is 4.98 Å². The van der Waals surface area contributed by atoms with Crippen LogP contribution in [0.4, 0.5) is 0 Å². The molecule has 0 radical (unpaired) electrons. The van der Waals surface area contributed by atoms with Gasteiger partial charge in [-0.05, 0) is 0 Å². The third-order valence-electron chi connectivity index (χ3n) is 0.406. The van der Waals surface area contributed by atoms with E-state index in [0.29, 0.717) is 0 Å². The number of hydrogen-bond donors (Lipinski definition) is 1. The molecule has 0 unspecified atom stereocenters. The van der Waals surface area contributed by atoms with Crippen molar-refractivity contribution in [2.45, 2.75) is 0 Å². The van der Waals surface area contributed by atoms with Crippen molar-refractivity contribution in [1.82, 2.24) is 9.97 Å². The number of H-pyrrole nitrogens is 1. The quantitative estimate of drug-likeness (QED) is 0.452. The summed E-state index contributed by atoms with van der Waals surface area (Å²) in [4.78, 5) is 6.42. The van der Waals surface area contributed by atoms with Crippen molar-refractivity contribution in [3.63, 3.8) is 0 Å². The molecule has 0 aliphatic carbocycles. The van der Waals surface area contributed by atoms with Gasteiger partial charge in [0.15, 0.2) is 0 Å². The van der Waals surface area contributed by atoms with E-state index in [-0.39, 0.29) is 17.4 Å². The Kier molecular flexibility index (Phi) is 2.83. The first-order valence-corrected chi connectivity index (χ1v) is 1.43. The van der Waals surface area contributed by atoms with Crippen LogP contribution in [0.25, 0.3) is 0 Å². The van der Waals surface area contributed by atoms with E-state index in [2.05, 4.69) is 9.97 Å². The summed E-state index contributed by atoms with van der Waals surface area (Å²) in [7, 11) is 0. The molecule has 2 nitrogen and oxygen atoms in total. The van der Waals surface area contributed by atoms with Crippen molar-refractivity contribution in [2.75, 3.05) is 0 Å². The molecule has 0 saturated carbocycles. The standard InChI is InChI=1S/C3H4N2.Al/c1-2-5-3-4-1;/h1-3H,(H,4,5);/q;+3. The van der Waals surface area contributed by atoms with Gasteiger partial charge in [-0.1, -0.05) is 0 Å². The third kappa shape index (κ3) is 1.25. The molecule has 26 valence electrons. The molecule has 1 rings (SSSR count). The number of rotatable bonds is 0. The average Bonchev–Trinajstić information content (AvgIpc) is 1.76. The third-order valence-corrected chi connectivity index (χ3v) is 0.406. The normalized spacial score (nSPS) is 6.67. The second-order valence-electron chi connectivity index (χ2n) is 0.761. The number of hydrogen-bond acceptors (Lipinski definition) is 1. The average molecular weight is 95.1 g/mol. The van der Waals surface area contributed by atoms with Crippen LogP contribution in [0.3, 0.4) is 0 Å². The Morgan fingerprint density at radius 2 is 2.33 bits per heavy atom. The Morgan fingerprint density at radius 3 is 2.50 bits per heavy atom. The summed E-state index contributed by atoms with van der Waals surface area (Å²) >= 11 is 0. The number of nitrogens with one attached hydrogen (secondary N) is 1. The van der Waals surface area contributed by atoms with E-state index in [1.54, 1.807) is 18.7 Å². The first kappa shape index (κ1) is 5.74. The SMILES string of the molecule is [Al+3].c1c[nH]cn1. The Morgan fingerprint density at radius 1 is 1.50 bits per heavy atom. The summed E-state index contributed by atoms with van der Waals surface area (Å²) in [6.45, 7) is 0. The number of aromatic amines is 1.